The molecule has 3 amide bonds. The maximum absolute atomic E-state index is 12.6. The van der Waals surface area contributed by atoms with Crippen molar-refractivity contribution in [2.75, 3.05) is 0 Å². The largest absolute Gasteiger partial charge is 0.444 e. The van der Waals surface area contributed by atoms with Crippen LogP contribution in [0.15, 0.2) is 46.9 Å². The molecule has 0 unspecified atom stereocenters. The van der Waals surface area contributed by atoms with E-state index in [9.17, 15) is 24.5 Å². The van der Waals surface area contributed by atoms with E-state index in [1.54, 1.807) is 51.1 Å². The zero-order valence-corrected chi connectivity index (χ0v) is 15.9. The van der Waals surface area contributed by atoms with E-state index >= 15 is 0 Å². The van der Waals surface area contributed by atoms with Gasteiger partial charge in [-0.2, -0.15) is 0 Å². The van der Waals surface area contributed by atoms with Crippen molar-refractivity contribution in [2.24, 2.45) is 0 Å². The van der Waals surface area contributed by atoms with Crippen LogP contribution in [0, 0.1) is 10.1 Å². The van der Waals surface area contributed by atoms with Crippen LogP contribution in [0.25, 0.3) is 0 Å². The topological polar surface area (TPSA) is 153 Å². The summed E-state index contributed by atoms with van der Waals surface area (Å²) in [7, 11) is 0. The lowest BCUT2D eigenvalue weighted by Gasteiger charge is -2.23. The van der Waals surface area contributed by atoms with Gasteiger partial charge in [0.25, 0.3) is 5.91 Å². The highest BCUT2D eigenvalue weighted by atomic mass is 16.6. The minimum Gasteiger partial charge on any atom is -0.444 e. The molecule has 1 aromatic carbocycles. The highest BCUT2D eigenvalue weighted by molar-refractivity contribution is 5.94. The number of rotatable bonds is 5. The summed E-state index contributed by atoms with van der Waals surface area (Å²) in [5, 5.41) is 13.0. The summed E-state index contributed by atoms with van der Waals surface area (Å²) in [5.74, 6) is -2.66. The van der Waals surface area contributed by atoms with E-state index in [-0.39, 0.29) is 5.76 Å². The summed E-state index contributed by atoms with van der Waals surface area (Å²) >= 11 is 0. The predicted octanol–water partition coefficient (Wildman–Crippen LogP) is 2.21. The monoisotopic (exact) mass is 404 g/mol. The van der Waals surface area contributed by atoms with Crippen LogP contribution in [0.2, 0.25) is 0 Å². The highest BCUT2D eigenvalue weighted by Gasteiger charge is 2.26. The van der Waals surface area contributed by atoms with Crippen molar-refractivity contribution in [3.05, 3.63) is 63.9 Å². The molecule has 0 aliphatic carbocycles. The molecular formula is C18H20N4O7. The number of alkyl carbamates (subject to hydrolysis) is 1. The van der Waals surface area contributed by atoms with Crippen molar-refractivity contribution in [3.63, 3.8) is 0 Å². The number of hydrogen-bond acceptors (Lipinski definition) is 7. The Hall–Kier alpha value is -3.89. The van der Waals surface area contributed by atoms with Crippen LogP contribution in [0.1, 0.15) is 42.9 Å². The number of furan rings is 1. The Morgan fingerprint density at radius 2 is 1.72 bits per heavy atom. The molecule has 0 saturated heterocycles. The van der Waals surface area contributed by atoms with Gasteiger partial charge in [-0.3, -0.25) is 30.6 Å². The average Bonchev–Trinajstić information content (AvgIpc) is 3.14. The van der Waals surface area contributed by atoms with E-state index in [2.05, 4.69) is 16.2 Å². The second-order valence-corrected chi connectivity index (χ2v) is 6.83. The van der Waals surface area contributed by atoms with Gasteiger partial charge in [-0.1, -0.05) is 30.3 Å². The Balaban J connectivity index is 2.07. The summed E-state index contributed by atoms with van der Waals surface area (Å²) in [5.41, 5.74) is 3.89. The molecule has 11 nitrogen and oxygen atoms in total. The van der Waals surface area contributed by atoms with E-state index in [4.69, 9.17) is 9.15 Å². The number of ether oxygens (including phenoxy) is 1. The SMILES string of the molecule is CC(C)(C)OC(=O)N[C@H](C(=O)NNC(=O)c1ccc([N+](=O)[O-])o1)c1ccccc1. The average molecular weight is 404 g/mol. The first-order valence-electron chi connectivity index (χ1n) is 8.46. The number of hydrogen-bond donors (Lipinski definition) is 3. The fourth-order valence-electron chi connectivity index (χ4n) is 2.17. The van der Waals surface area contributed by atoms with Crippen molar-refractivity contribution >= 4 is 23.8 Å². The summed E-state index contributed by atoms with van der Waals surface area (Å²) in [4.78, 5) is 46.5. The molecule has 1 aromatic heterocycles. The maximum Gasteiger partial charge on any atom is 0.433 e. The molecule has 0 radical (unpaired) electrons. The van der Waals surface area contributed by atoms with Gasteiger partial charge in [-0.05, 0) is 32.4 Å². The van der Waals surface area contributed by atoms with E-state index < -0.39 is 40.4 Å². The lowest BCUT2D eigenvalue weighted by atomic mass is 10.1. The van der Waals surface area contributed by atoms with Crippen LogP contribution in [-0.2, 0) is 9.53 Å². The minimum atomic E-state index is -1.17. The molecule has 0 spiro atoms. The molecule has 0 fully saturated rings. The van der Waals surface area contributed by atoms with E-state index in [1.165, 1.54) is 0 Å². The minimum absolute atomic E-state index is 0.367. The number of nitro groups is 1. The molecule has 154 valence electrons. The number of nitrogens with zero attached hydrogens (tertiary/aromatic N) is 1. The van der Waals surface area contributed by atoms with E-state index in [1.807, 2.05) is 0 Å². The molecule has 29 heavy (non-hydrogen) atoms. The first-order valence-corrected chi connectivity index (χ1v) is 8.46. The van der Waals surface area contributed by atoms with Gasteiger partial charge in [0.1, 0.15) is 16.6 Å². The molecule has 11 heteroatoms. The summed E-state index contributed by atoms with van der Waals surface area (Å²) in [6, 6.07) is 9.23. The molecule has 2 aromatic rings. The van der Waals surface area contributed by atoms with Crippen LogP contribution in [0.4, 0.5) is 10.7 Å². The third kappa shape index (κ3) is 6.34. The molecule has 1 heterocycles. The fraction of sp³-hybridized carbons (Fsp3) is 0.278. The van der Waals surface area contributed by atoms with Gasteiger partial charge in [0.05, 0.1) is 6.07 Å². The van der Waals surface area contributed by atoms with Gasteiger partial charge in [-0.25, -0.2) is 4.79 Å². The molecular weight excluding hydrogens is 384 g/mol. The Labute approximate surface area is 165 Å². The standard InChI is InChI=1S/C18H20N4O7/c1-18(2,3)29-17(25)19-14(11-7-5-4-6-8-11)16(24)21-20-15(23)12-9-10-13(28-12)22(26)27/h4-10,14H,1-3H3,(H,19,25)(H,20,23)(H,21,24)/t14-/m0/s1. The Morgan fingerprint density at radius 3 is 2.28 bits per heavy atom. The van der Waals surface area contributed by atoms with E-state index in [0.29, 0.717) is 5.56 Å². The first-order chi connectivity index (χ1) is 13.6. The van der Waals surface area contributed by atoms with Gasteiger partial charge in [0, 0.05) is 0 Å². The van der Waals surface area contributed by atoms with Crippen LogP contribution >= 0.6 is 0 Å². The van der Waals surface area contributed by atoms with Crippen molar-refractivity contribution in [1.82, 2.24) is 16.2 Å². The molecule has 2 rings (SSSR count). The number of carbonyl (C=O) groups excluding carboxylic acids is 3. The molecule has 0 saturated carbocycles. The number of hydrazine groups is 1. The van der Waals surface area contributed by atoms with Crippen molar-refractivity contribution < 1.29 is 28.5 Å². The smallest absolute Gasteiger partial charge is 0.433 e. The second kappa shape index (κ2) is 8.87. The van der Waals surface area contributed by atoms with Gasteiger partial charge in [-0.15, -0.1) is 0 Å². The van der Waals surface area contributed by atoms with Gasteiger partial charge in [0.15, 0.2) is 0 Å². The Bertz CT molecular complexity index is 902. The molecule has 0 aliphatic rings. The van der Waals surface area contributed by atoms with Crippen molar-refractivity contribution in [1.29, 1.82) is 0 Å². The lowest BCUT2D eigenvalue weighted by Crippen LogP contribution is -2.48. The van der Waals surface area contributed by atoms with Crippen LogP contribution in [0.3, 0.4) is 0 Å². The molecule has 3 N–H and O–H groups in total. The summed E-state index contributed by atoms with van der Waals surface area (Å²) in [6.07, 6.45) is -0.825. The summed E-state index contributed by atoms with van der Waals surface area (Å²) in [6.45, 7) is 5.02. The third-order valence-corrected chi connectivity index (χ3v) is 3.35. The number of amides is 3. The van der Waals surface area contributed by atoms with Crippen LogP contribution in [0.5, 0.6) is 0 Å². The number of benzene rings is 1. The summed E-state index contributed by atoms with van der Waals surface area (Å²) < 4.78 is 9.92. The van der Waals surface area contributed by atoms with Gasteiger partial charge >= 0.3 is 17.9 Å². The van der Waals surface area contributed by atoms with Gasteiger partial charge < -0.3 is 14.5 Å². The van der Waals surface area contributed by atoms with Crippen LogP contribution in [-0.4, -0.2) is 28.4 Å². The normalized spacial score (nSPS) is 11.8. The third-order valence-electron chi connectivity index (χ3n) is 3.35. The predicted molar refractivity (Wildman–Crippen MR) is 99.5 cm³/mol. The fourth-order valence-corrected chi connectivity index (χ4v) is 2.17. The number of carbonyl (C=O) groups is 3. The molecule has 0 aliphatic heterocycles. The molecule has 0 bridgehead atoms. The van der Waals surface area contributed by atoms with Crippen molar-refractivity contribution in [2.45, 2.75) is 32.4 Å². The van der Waals surface area contributed by atoms with E-state index in [0.717, 1.165) is 12.1 Å². The zero-order chi connectivity index (χ0) is 21.6. The maximum atomic E-state index is 12.6. The Morgan fingerprint density at radius 1 is 1.07 bits per heavy atom. The number of nitrogens with one attached hydrogen (secondary N) is 3. The first kappa shape index (κ1) is 21.4. The molecule has 1 atom stereocenters. The quantitative estimate of drug-likeness (QED) is 0.510. The lowest BCUT2D eigenvalue weighted by molar-refractivity contribution is -0.402. The second-order valence-electron chi connectivity index (χ2n) is 6.83. The van der Waals surface area contributed by atoms with Gasteiger partial charge in [0.2, 0.25) is 5.76 Å². The van der Waals surface area contributed by atoms with Crippen LogP contribution < -0.4 is 16.2 Å². The highest BCUT2D eigenvalue weighted by Crippen LogP contribution is 2.16. The zero-order valence-electron chi connectivity index (χ0n) is 15.9. The Kier molecular flexibility index (Phi) is 6.55. The van der Waals surface area contributed by atoms with Crippen molar-refractivity contribution in [3.8, 4) is 0 Å².